The molecule has 2 heterocycles. The minimum absolute atomic E-state index is 0.0927. The molecule has 29 heavy (non-hydrogen) atoms. The Hall–Kier alpha value is -2.15. The highest BCUT2D eigenvalue weighted by Crippen LogP contribution is 2.36. The molecule has 154 valence electrons. The molecule has 1 N–H and O–H groups in total. The molecule has 0 atom stereocenters. The molecule has 0 spiro atoms. The van der Waals surface area contributed by atoms with Gasteiger partial charge in [0.25, 0.3) is 0 Å². The lowest BCUT2D eigenvalue weighted by Gasteiger charge is -2.29. The Labute approximate surface area is 177 Å². The highest BCUT2D eigenvalue weighted by atomic mass is 79.9. The first kappa shape index (κ1) is 20.1. The molecule has 1 aromatic carbocycles. The zero-order valence-corrected chi connectivity index (χ0v) is 18.6. The molecule has 0 bridgehead atoms. The number of aromatic amines is 1. The number of rotatable bonds is 3. The fourth-order valence-electron chi connectivity index (χ4n) is 4.35. The predicted octanol–water partition coefficient (Wildman–Crippen LogP) is 5.10. The molecule has 7 heteroatoms. The van der Waals surface area contributed by atoms with Crippen molar-refractivity contribution in [2.45, 2.75) is 64.5 Å². The summed E-state index contributed by atoms with van der Waals surface area (Å²) in [6.45, 7) is 5.67. The third kappa shape index (κ3) is 4.25. The highest BCUT2D eigenvalue weighted by Gasteiger charge is 2.28. The molecule has 4 rings (SSSR count). The Morgan fingerprint density at radius 3 is 2.69 bits per heavy atom. The number of carbonyl (C=O) groups is 1. The van der Waals surface area contributed by atoms with Gasteiger partial charge in [-0.2, -0.15) is 0 Å². The van der Waals surface area contributed by atoms with E-state index in [0.29, 0.717) is 12.3 Å². The number of imidazole rings is 1. The van der Waals surface area contributed by atoms with Crippen LogP contribution in [-0.2, 0) is 9.53 Å². The van der Waals surface area contributed by atoms with Gasteiger partial charge in [-0.15, -0.1) is 0 Å². The van der Waals surface area contributed by atoms with Gasteiger partial charge in [0.2, 0.25) is 0 Å². The number of ether oxygens (including phenoxy) is 1. The van der Waals surface area contributed by atoms with Crippen LogP contribution in [-0.4, -0.2) is 26.1 Å². The Bertz CT molecular complexity index is 1120. The Balaban J connectivity index is 1.57. The second kappa shape index (κ2) is 7.59. The van der Waals surface area contributed by atoms with Gasteiger partial charge in [-0.05, 0) is 70.6 Å². The van der Waals surface area contributed by atoms with Crippen LogP contribution in [0.1, 0.15) is 58.9 Å². The summed E-state index contributed by atoms with van der Waals surface area (Å²) in [6.07, 6.45) is 5.76. The van der Waals surface area contributed by atoms with Crippen LogP contribution < -0.4 is 5.69 Å². The number of pyridine rings is 1. The van der Waals surface area contributed by atoms with Crippen LogP contribution in [0.5, 0.6) is 0 Å². The number of nitrogens with zero attached hydrogens (tertiary/aromatic N) is 2. The zero-order valence-electron chi connectivity index (χ0n) is 17.0. The van der Waals surface area contributed by atoms with Gasteiger partial charge in [0.05, 0.1) is 22.7 Å². The van der Waals surface area contributed by atoms with Crippen molar-refractivity contribution in [1.82, 2.24) is 14.5 Å². The number of carbonyl (C=O) groups excluding carboxylic acids is 1. The minimum atomic E-state index is -0.449. The SMILES string of the molecule is CC(C)(C)OC(=O)CC1CCC(n2c(=O)[nH]c3cnc4ccc(Br)cc4c32)CC1. The number of aromatic nitrogens is 3. The first-order chi connectivity index (χ1) is 13.7. The molecule has 0 aliphatic heterocycles. The van der Waals surface area contributed by atoms with Crippen LogP contribution in [0.25, 0.3) is 21.9 Å². The first-order valence-electron chi connectivity index (χ1n) is 10.1. The Morgan fingerprint density at radius 1 is 1.28 bits per heavy atom. The Morgan fingerprint density at radius 2 is 2.00 bits per heavy atom. The smallest absolute Gasteiger partial charge is 0.326 e. The van der Waals surface area contributed by atoms with Crippen molar-refractivity contribution in [2.75, 3.05) is 0 Å². The van der Waals surface area contributed by atoms with E-state index in [1.807, 2.05) is 43.5 Å². The Kier molecular flexibility index (Phi) is 5.27. The van der Waals surface area contributed by atoms with E-state index in [4.69, 9.17) is 4.74 Å². The topological polar surface area (TPSA) is 77.0 Å². The van der Waals surface area contributed by atoms with Crippen LogP contribution in [0, 0.1) is 5.92 Å². The van der Waals surface area contributed by atoms with Crippen LogP contribution in [0.3, 0.4) is 0 Å². The van der Waals surface area contributed by atoms with Crippen molar-refractivity contribution < 1.29 is 9.53 Å². The lowest BCUT2D eigenvalue weighted by Crippen LogP contribution is -2.29. The fourth-order valence-corrected chi connectivity index (χ4v) is 4.71. The summed E-state index contributed by atoms with van der Waals surface area (Å²) in [5.74, 6) is 0.182. The van der Waals surface area contributed by atoms with E-state index in [2.05, 4.69) is 25.9 Å². The maximum Gasteiger partial charge on any atom is 0.326 e. The second-order valence-corrected chi connectivity index (χ2v) is 9.86. The van der Waals surface area contributed by atoms with E-state index in [-0.39, 0.29) is 17.7 Å². The van der Waals surface area contributed by atoms with Gasteiger partial charge in [-0.3, -0.25) is 14.3 Å². The van der Waals surface area contributed by atoms with E-state index in [0.717, 1.165) is 52.1 Å². The highest BCUT2D eigenvalue weighted by molar-refractivity contribution is 9.10. The number of hydrogen-bond donors (Lipinski definition) is 1. The quantitative estimate of drug-likeness (QED) is 0.552. The minimum Gasteiger partial charge on any atom is -0.460 e. The molecule has 0 unspecified atom stereocenters. The standard InChI is InChI=1S/C22H26BrN3O3/c1-22(2,3)29-19(27)10-13-4-7-15(8-5-13)26-20-16-11-14(23)6-9-17(16)24-12-18(20)25-21(26)28/h6,9,11-13,15H,4-5,7-8,10H2,1-3H3,(H,25,28). The summed E-state index contributed by atoms with van der Waals surface area (Å²) in [7, 11) is 0. The van der Waals surface area contributed by atoms with Crippen molar-refractivity contribution in [3.63, 3.8) is 0 Å². The molecule has 0 radical (unpaired) electrons. The molecule has 1 fully saturated rings. The molecular formula is C22H26BrN3O3. The summed E-state index contributed by atoms with van der Waals surface area (Å²) < 4.78 is 8.32. The number of fused-ring (bicyclic) bond motifs is 3. The maximum absolute atomic E-state index is 12.8. The molecule has 1 aliphatic rings. The second-order valence-electron chi connectivity index (χ2n) is 8.95. The molecule has 1 aliphatic carbocycles. The zero-order chi connectivity index (χ0) is 20.8. The normalized spacial score (nSPS) is 20.3. The van der Waals surface area contributed by atoms with Crippen LogP contribution >= 0.6 is 15.9 Å². The van der Waals surface area contributed by atoms with E-state index in [1.165, 1.54) is 0 Å². The van der Waals surface area contributed by atoms with Crippen LogP contribution in [0.4, 0.5) is 0 Å². The van der Waals surface area contributed by atoms with Crippen LogP contribution in [0.15, 0.2) is 33.7 Å². The number of hydrogen-bond acceptors (Lipinski definition) is 4. The van der Waals surface area contributed by atoms with Gasteiger partial charge >= 0.3 is 11.7 Å². The molecule has 0 saturated heterocycles. The van der Waals surface area contributed by atoms with Gasteiger partial charge in [-0.1, -0.05) is 15.9 Å². The number of esters is 1. The summed E-state index contributed by atoms with van der Waals surface area (Å²) in [6, 6.07) is 6.05. The summed E-state index contributed by atoms with van der Waals surface area (Å²) >= 11 is 3.53. The largest absolute Gasteiger partial charge is 0.460 e. The van der Waals surface area contributed by atoms with Gasteiger partial charge in [0.1, 0.15) is 5.60 Å². The molecule has 1 saturated carbocycles. The molecule has 2 aromatic heterocycles. The number of H-pyrrole nitrogens is 1. The van der Waals surface area contributed by atoms with Crippen molar-refractivity contribution in [3.05, 3.63) is 39.4 Å². The fraction of sp³-hybridized carbons (Fsp3) is 0.500. The van der Waals surface area contributed by atoms with Gasteiger partial charge in [0, 0.05) is 22.3 Å². The van der Waals surface area contributed by atoms with Gasteiger partial charge < -0.3 is 9.72 Å². The van der Waals surface area contributed by atoms with Crippen LogP contribution in [0.2, 0.25) is 0 Å². The molecule has 6 nitrogen and oxygen atoms in total. The third-order valence-corrected chi connectivity index (χ3v) is 6.05. The van der Waals surface area contributed by atoms with Crippen molar-refractivity contribution >= 4 is 43.8 Å². The number of nitrogens with one attached hydrogen (secondary N) is 1. The van der Waals surface area contributed by atoms with Gasteiger partial charge in [-0.25, -0.2) is 4.79 Å². The van der Waals surface area contributed by atoms with E-state index in [1.54, 1.807) is 6.20 Å². The lowest BCUT2D eigenvalue weighted by molar-refractivity contribution is -0.156. The molecule has 0 amide bonds. The average molecular weight is 460 g/mol. The van der Waals surface area contributed by atoms with Crippen molar-refractivity contribution in [3.8, 4) is 0 Å². The van der Waals surface area contributed by atoms with Crippen molar-refractivity contribution in [1.29, 1.82) is 0 Å². The van der Waals surface area contributed by atoms with Gasteiger partial charge in [0.15, 0.2) is 0 Å². The number of benzene rings is 1. The van der Waals surface area contributed by atoms with E-state index >= 15 is 0 Å². The van der Waals surface area contributed by atoms with E-state index in [9.17, 15) is 9.59 Å². The van der Waals surface area contributed by atoms with E-state index < -0.39 is 5.60 Å². The third-order valence-electron chi connectivity index (χ3n) is 5.56. The maximum atomic E-state index is 12.8. The summed E-state index contributed by atoms with van der Waals surface area (Å²) in [5.41, 5.74) is 2.00. The monoisotopic (exact) mass is 459 g/mol. The molecular weight excluding hydrogens is 434 g/mol. The van der Waals surface area contributed by atoms with Crippen molar-refractivity contribution in [2.24, 2.45) is 5.92 Å². The molecule has 3 aromatic rings. The number of halogens is 1. The summed E-state index contributed by atoms with van der Waals surface area (Å²) in [4.78, 5) is 32.4. The lowest BCUT2D eigenvalue weighted by atomic mass is 9.84. The first-order valence-corrected chi connectivity index (χ1v) is 10.9. The average Bonchev–Trinajstić information content (AvgIpc) is 2.97. The summed E-state index contributed by atoms with van der Waals surface area (Å²) in [5, 5.41) is 0.964. The predicted molar refractivity (Wildman–Crippen MR) is 117 cm³/mol.